The molecule has 1 fully saturated rings. The molecule has 1 aromatic carbocycles. The number of azide groups is 1. The molecule has 0 aliphatic heterocycles. The van der Waals surface area contributed by atoms with Crippen molar-refractivity contribution in [2.45, 2.75) is 25.4 Å². The van der Waals surface area contributed by atoms with Crippen LogP contribution in [0.25, 0.3) is 10.4 Å². The molecule has 0 bridgehead atoms. The highest BCUT2D eigenvalue weighted by atomic mass is 19.1. The van der Waals surface area contributed by atoms with E-state index in [1.807, 2.05) is 0 Å². The third-order valence-corrected chi connectivity index (χ3v) is 2.48. The normalized spacial score (nSPS) is 15.1. The Hall–Kier alpha value is -1.81. The third kappa shape index (κ3) is 2.06. The zero-order chi connectivity index (χ0) is 11.5. The van der Waals surface area contributed by atoms with Crippen LogP contribution in [-0.2, 0) is 0 Å². The van der Waals surface area contributed by atoms with E-state index in [0.717, 1.165) is 31.4 Å². The van der Waals surface area contributed by atoms with Gasteiger partial charge < -0.3 is 4.74 Å². The maximum Gasteiger partial charge on any atom is 0.191 e. The Balaban J connectivity index is 2.26. The number of nitrogens with zero attached hydrogens (tertiary/aromatic N) is 3. The van der Waals surface area contributed by atoms with Gasteiger partial charge in [-0.2, -0.15) is 0 Å². The fourth-order valence-electron chi connectivity index (χ4n) is 1.42. The van der Waals surface area contributed by atoms with Crippen LogP contribution in [0.15, 0.2) is 17.2 Å². The van der Waals surface area contributed by atoms with Crippen molar-refractivity contribution in [2.24, 2.45) is 5.11 Å². The molecule has 0 heterocycles. The highest BCUT2D eigenvalue weighted by Gasteiger charge is 2.22. The van der Waals surface area contributed by atoms with E-state index in [0.29, 0.717) is 0 Å². The molecule has 84 valence electrons. The third-order valence-electron chi connectivity index (χ3n) is 2.48. The molecule has 16 heavy (non-hydrogen) atoms. The first-order chi connectivity index (χ1) is 7.70. The number of benzene rings is 1. The van der Waals surface area contributed by atoms with Gasteiger partial charge in [-0.05, 0) is 36.9 Å². The summed E-state index contributed by atoms with van der Waals surface area (Å²) in [5.41, 5.74) is 8.05. The smallest absolute Gasteiger partial charge is 0.191 e. The van der Waals surface area contributed by atoms with Crippen LogP contribution in [0.5, 0.6) is 5.75 Å². The first kappa shape index (κ1) is 10.7. The van der Waals surface area contributed by atoms with Crippen LogP contribution < -0.4 is 4.74 Å². The highest BCUT2D eigenvalue weighted by molar-refractivity contribution is 5.43. The lowest BCUT2D eigenvalue weighted by atomic mass is 9.96. The monoisotopic (exact) mass is 225 g/mol. The van der Waals surface area contributed by atoms with Crippen LogP contribution in [0.4, 0.5) is 14.5 Å². The van der Waals surface area contributed by atoms with Crippen LogP contribution in [0.3, 0.4) is 0 Å². The molecule has 1 aliphatic rings. The van der Waals surface area contributed by atoms with E-state index in [1.165, 1.54) is 0 Å². The van der Waals surface area contributed by atoms with Gasteiger partial charge in [0.25, 0.3) is 0 Å². The zero-order valence-corrected chi connectivity index (χ0v) is 8.36. The molecule has 1 aliphatic carbocycles. The zero-order valence-electron chi connectivity index (χ0n) is 8.36. The molecule has 2 rings (SSSR count). The van der Waals surface area contributed by atoms with Crippen LogP contribution in [-0.4, -0.2) is 6.10 Å². The first-order valence-electron chi connectivity index (χ1n) is 4.91. The molecular weight excluding hydrogens is 216 g/mol. The van der Waals surface area contributed by atoms with Gasteiger partial charge in [-0.25, -0.2) is 8.78 Å². The van der Waals surface area contributed by atoms with E-state index in [4.69, 9.17) is 10.3 Å². The van der Waals surface area contributed by atoms with Gasteiger partial charge in [0.15, 0.2) is 17.4 Å². The van der Waals surface area contributed by atoms with Crippen molar-refractivity contribution in [1.29, 1.82) is 0 Å². The Labute approximate surface area is 90.5 Å². The maximum atomic E-state index is 13.4. The summed E-state index contributed by atoms with van der Waals surface area (Å²) in [7, 11) is 0. The van der Waals surface area contributed by atoms with Gasteiger partial charge in [-0.1, -0.05) is 5.11 Å². The fourth-order valence-corrected chi connectivity index (χ4v) is 1.42. The molecule has 0 amide bonds. The topological polar surface area (TPSA) is 58.0 Å². The van der Waals surface area contributed by atoms with Crippen molar-refractivity contribution in [1.82, 2.24) is 0 Å². The van der Waals surface area contributed by atoms with Gasteiger partial charge in [0, 0.05) is 10.6 Å². The molecule has 0 aromatic heterocycles. The van der Waals surface area contributed by atoms with E-state index in [2.05, 4.69) is 10.0 Å². The summed E-state index contributed by atoms with van der Waals surface area (Å²) in [6.45, 7) is 0. The molecule has 1 saturated carbocycles. The molecule has 4 nitrogen and oxygen atoms in total. The second-order valence-corrected chi connectivity index (χ2v) is 3.60. The van der Waals surface area contributed by atoms with Crippen molar-refractivity contribution in [3.63, 3.8) is 0 Å². The van der Waals surface area contributed by atoms with Crippen LogP contribution >= 0.6 is 0 Å². The van der Waals surface area contributed by atoms with E-state index >= 15 is 0 Å². The molecular formula is C10H9F2N3O. The quantitative estimate of drug-likeness (QED) is 0.438. The summed E-state index contributed by atoms with van der Waals surface area (Å²) in [6, 6.07) is 1.91. The fraction of sp³-hybridized carbons (Fsp3) is 0.400. The Morgan fingerprint density at radius 2 is 1.94 bits per heavy atom. The number of rotatable bonds is 3. The van der Waals surface area contributed by atoms with Crippen molar-refractivity contribution >= 4 is 5.69 Å². The van der Waals surface area contributed by atoms with Crippen molar-refractivity contribution in [3.8, 4) is 5.75 Å². The average molecular weight is 225 g/mol. The summed E-state index contributed by atoms with van der Waals surface area (Å²) in [4.78, 5) is 2.46. The summed E-state index contributed by atoms with van der Waals surface area (Å²) in [5, 5.41) is 3.13. The summed E-state index contributed by atoms with van der Waals surface area (Å²) >= 11 is 0. The number of hydrogen-bond acceptors (Lipinski definition) is 2. The minimum atomic E-state index is -0.839. The van der Waals surface area contributed by atoms with E-state index in [1.54, 1.807) is 0 Å². The minimum absolute atomic E-state index is 0.0986. The number of halogens is 2. The molecule has 0 spiro atoms. The maximum absolute atomic E-state index is 13.4. The van der Waals surface area contributed by atoms with Gasteiger partial charge in [-0.15, -0.1) is 0 Å². The summed E-state index contributed by atoms with van der Waals surface area (Å²) in [5.74, 6) is -2.06. The van der Waals surface area contributed by atoms with Gasteiger partial charge in [-0.3, -0.25) is 0 Å². The number of ether oxygens (including phenoxy) is 1. The molecule has 1 aromatic rings. The molecule has 0 saturated heterocycles. The summed E-state index contributed by atoms with van der Waals surface area (Å²) in [6.07, 6.45) is 2.55. The van der Waals surface area contributed by atoms with Crippen LogP contribution in [0, 0.1) is 11.6 Å². The molecule has 0 unspecified atom stereocenters. The van der Waals surface area contributed by atoms with E-state index in [-0.39, 0.29) is 17.5 Å². The average Bonchev–Trinajstić information content (AvgIpc) is 2.14. The van der Waals surface area contributed by atoms with Crippen molar-refractivity contribution < 1.29 is 13.5 Å². The van der Waals surface area contributed by atoms with Gasteiger partial charge in [0.1, 0.15) is 0 Å². The highest BCUT2D eigenvalue weighted by Crippen LogP contribution is 2.31. The van der Waals surface area contributed by atoms with Gasteiger partial charge in [0.05, 0.1) is 6.10 Å². The largest absolute Gasteiger partial charge is 0.484 e. The van der Waals surface area contributed by atoms with E-state index < -0.39 is 11.6 Å². The molecule has 0 atom stereocenters. The number of hydrogen-bond donors (Lipinski definition) is 0. The minimum Gasteiger partial charge on any atom is -0.484 e. The first-order valence-corrected chi connectivity index (χ1v) is 4.91. The summed E-state index contributed by atoms with van der Waals surface area (Å²) < 4.78 is 32.0. The Bertz CT molecular complexity index is 430. The lowest BCUT2D eigenvalue weighted by Gasteiger charge is -2.26. The Morgan fingerprint density at radius 1 is 1.31 bits per heavy atom. The lowest BCUT2D eigenvalue weighted by molar-refractivity contribution is 0.109. The van der Waals surface area contributed by atoms with Crippen LogP contribution in [0.2, 0.25) is 0 Å². The SMILES string of the molecule is [N-]=[N+]=Nc1cc(F)c(OC2CCC2)c(F)c1. The van der Waals surface area contributed by atoms with Gasteiger partial charge >= 0.3 is 0 Å². The van der Waals surface area contributed by atoms with Crippen molar-refractivity contribution in [2.75, 3.05) is 0 Å². The lowest BCUT2D eigenvalue weighted by Crippen LogP contribution is -2.25. The predicted molar refractivity (Wildman–Crippen MR) is 53.4 cm³/mol. The second kappa shape index (κ2) is 4.37. The molecule has 0 radical (unpaired) electrons. The standard InChI is InChI=1S/C10H9F2N3O/c11-8-4-6(14-15-13)5-9(12)10(8)16-7-2-1-3-7/h4-5,7H,1-3H2. The second-order valence-electron chi connectivity index (χ2n) is 3.60. The molecule has 6 heteroatoms. The van der Waals surface area contributed by atoms with E-state index in [9.17, 15) is 8.78 Å². The van der Waals surface area contributed by atoms with Gasteiger partial charge in [0.2, 0.25) is 0 Å². The Morgan fingerprint density at radius 3 is 2.38 bits per heavy atom. The Kier molecular flexibility index (Phi) is 2.92. The molecule has 0 N–H and O–H groups in total. The van der Waals surface area contributed by atoms with Crippen molar-refractivity contribution in [3.05, 3.63) is 34.2 Å². The predicted octanol–water partition coefficient (Wildman–Crippen LogP) is 3.84. The van der Waals surface area contributed by atoms with Crippen LogP contribution in [0.1, 0.15) is 19.3 Å².